The van der Waals surface area contributed by atoms with E-state index in [1.165, 1.54) is 18.2 Å². The number of carbonyl (C=O) groups excluding carboxylic acids is 1. The zero-order chi connectivity index (χ0) is 14.9. The van der Waals surface area contributed by atoms with Crippen molar-refractivity contribution in [3.8, 4) is 0 Å². The van der Waals surface area contributed by atoms with Crippen molar-refractivity contribution in [2.45, 2.75) is 6.18 Å². The molecule has 1 nitrogen and oxygen atoms in total. The van der Waals surface area contributed by atoms with Gasteiger partial charge in [-0.25, -0.2) is 4.39 Å². The van der Waals surface area contributed by atoms with Gasteiger partial charge in [-0.3, -0.25) is 4.79 Å². The lowest BCUT2D eigenvalue weighted by atomic mass is 9.98. The number of ketones is 1. The number of carbonyl (C=O) groups is 1. The molecule has 0 fully saturated rings. The summed E-state index contributed by atoms with van der Waals surface area (Å²) in [6.07, 6.45) is -4.66. The number of halogens is 5. The first-order valence-electron chi connectivity index (χ1n) is 5.46. The van der Waals surface area contributed by atoms with Gasteiger partial charge in [-0.2, -0.15) is 13.2 Å². The molecule has 2 rings (SSSR count). The number of hydrogen-bond donors (Lipinski definition) is 0. The van der Waals surface area contributed by atoms with Crippen LogP contribution in [0.5, 0.6) is 0 Å². The Kier molecular flexibility index (Phi) is 3.81. The Hall–Kier alpha value is -1.88. The Bertz CT molecular complexity index is 664. The Labute approximate surface area is 116 Å². The zero-order valence-electron chi connectivity index (χ0n) is 9.84. The molecule has 0 spiro atoms. The van der Waals surface area contributed by atoms with Crippen molar-refractivity contribution >= 4 is 17.4 Å². The second-order valence-electron chi connectivity index (χ2n) is 4.00. The van der Waals surface area contributed by atoms with Crippen molar-refractivity contribution in [3.05, 3.63) is 70.0 Å². The van der Waals surface area contributed by atoms with E-state index in [1.807, 2.05) is 0 Å². The third kappa shape index (κ3) is 2.82. The highest BCUT2D eigenvalue weighted by Gasteiger charge is 2.35. The SMILES string of the molecule is O=C(c1ccc(Cl)c(F)c1)c1ccccc1C(F)(F)F. The van der Waals surface area contributed by atoms with Crippen LogP contribution in [0.15, 0.2) is 42.5 Å². The van der Waals surface area contributed by atoms with Gasteiger partial charge in [0.1, 0.15) is 5.82 Å². The maximum Gasteiger partial charge on any atom is 0.417 e. The van der Waals surface area contributed by atoms with Gasteiger partial charge in [0.15, 0.2) is 5.78 Å². The van der Waals surface area contributed by atoms with Crippen LogP contribution in [0.1, 0.15) is 21.5 Å². The van der Waals surface area contributed by atoms with Gasteiger partial charge >= 0.3 is 6.18 Å². The third-order valence-corrected chi connectivity index (χ3v) is 2.97. The van der Waals surface area contributed by atoms with Gasteiger partial charge in [0.05, 0.1) is 10.6 Å². The molecule has 104 valence electrons. The van der Waals surface area contributed by atoms with E-state index in [0.29, 0.717) is 0 Å². The fourth-order valence-electron chi connectivity index (χ4n) is 1.72. The minimum atomic E-state index is -4.66. The molecular formula is C14H7ClF4O. The van der Waals surface area contributed by atoms with Gasteiger partial charge in [-0.05, 0) is 24.3 Å². The molecule has 20 heavy (non-hydrogen) atoms. The summed E-state index contributed by atoms with van der Waals surface area (Å²) in [5, 5.41) is -0.203. The fraction of sp³-hybridized carbons (Fsp3) is 0.0714. The van der Waals surface area contributed by atoms with E-state index in [0.717, 1.165) is 24.3 Å². The molecule has 6 heteroatoms. The fourth-order valence-corrected chi connectivity index (χ4v) is 1.84. The third-order valence-electron chi connectivity index (χ3n) is 2.66. The Morgan fingerprint density at radius 2 is 1.70 bits per heavy atom. The van der Waals surface area contributed by atoms with Gasteiger partial charge in [-0.15, -0.1) is 0 Å². The molecule has 2 aromatic rings. The molecule has 0 heterocycles. The van der Waals surface area contributed by atoms with Gasteiger partial charge in [-0.1, -0.05) is 29.8 Å². The van der Waals surface area contributed by atoms with Crippen molar-refractivity contribution in [1.29, 1.82) is 0 Å². The average Bonchev–Trinajstić information content (AvgIpc) is 2.40. The molecule has 0 aliphatic rings. The van der Waals surface area contributed by atoms with Crippen LogP contribution in [-0.4, -0.2) is 5.78 Å². The minimum Gasteiger partial charge on any atom is -0.289 e. The summed E-state index contributed by atoms with van der Waals surface area (Å²) in [6.45, 7) is 0. The van der Waals surface area contributed by atoms with Gasteiger partial charge in [0.2, 0.25) is 0 Å². The van der Waals surface area contributed by atoms with Crippen LogP contribution in [-0.2, 0) is 6.18 Å². The number of benzene rings is 2. The van der Waals surface area contributed by atoms with Gasteiger partial charge in [0.25, 0.3) is 0 Å². The lowest BCUT2D eigenvalue weighted by molar-refractivity contribution is -0.137. The van der Waals surface area contributed by atoms with E-state index >= 15 is 0 Å². The monoisotopic (exact) mass is 302 g/mol. The van der Waals surface area contributed by atoms with Crippen molar-refractivity contribution in [2.75, 3.05) is 0 Å². The van der Waals surface area contributed by atoms with Crippen LogP contribution < -0.4 is 0 Å². The van der Waals surface area contributed by atoms with E-state index in [1.54, 1.807) is 0 Å². The first kappa shape index (κ1) is 14.5. The maximum atomic E-state index is 13.3. The maximum absolute atomic E-state index is 13.3. The lowest BCUT2D eigenvalue weighted by Gasteiger charge is -2.11. The number of rotatable bonds is 2. The summed E-state index contributed by atoms with van der Waals surface area (Å²) >= 11 is 5.47. The van der Waals surface area contributed by atoms with Gasteiger partial charge < -0.3 is 0 Å². The first-order chi connectivity index (χ1) is 9.30. The Morgan fingerprint density at radius 1 is 1.05 bits per heavy atom. The molecule has 0 bridgehead atoms. The zero-order valence-corrected chi connectivity index (χ0v) is 10.6. The molecule has 0 radical (unpaired) electrons. The lowest BCUT2D eigenvalue weighted by Crippen LogP contribution is -2.13. The molecular weight excluding hydrogens is 296 g/mol. The molecule has 0 amide bonds. The predicted octanol–water partition coefficient (Wildman–Crippen LogP) is 4.73. The summed E-state index contributed by atoms with van der Waals surface area (Å²) < 4.78 is 51.7. The smallest absolute Gasteiger partial charge is 0.289 e. The number of alkyl halides is 3. The van der Waals surface area contributed by atoms with Crippen LogP contribution in [0, 0.1) is 5.82 Å². The highest BCUT2D eigenvalue weighted by atomic mass is 35.5. The van der Waals surface area contributed by atoms with Crippen molar-refractivity contribution < 1.29 is 22.4 Å². The molecule has 0 aliphatic carbocycles. The number of hydrogen-bond acceptors (Lipinski definition) is 1. The molecule has 0 N–H and O–H groups in total. The van der Waals surface area contributed by atoms with E-state index in [4.69, 9.17) is 11.6 Å². The van der Waals surface area contributed by atoms with E-state index in [-0.39, 0.29) is 10.6 Å². The highest BCUT2D eigenvalue weighted by Crippen LogP contribution is 2.33. The Balaban J connectivity index is 2.51. The standard InChI is InChI=1S/C14H7ClF4O/c15-11-6-5-8(7-12(11)16)13(20)9-3-1-2-4-10(9)14(17,18)19/h1-7H. The van der Waals surface area contributed by atoms with Crippen molar-refractivity contribution in [2.24, 2.45) is 0 Å². The highest BCUT2D eigenvalue weighted by molar-refractivity contribution is 6.30. The van der Waals surface area contributed by atoms with Crippen LogP contribution in [0.25, 0.3) is 0 Å². The summed E-state index contributed by atoms with van der Waals surface area (Å²) in [4.78, 5) is 12.1. The van der Waals surface area contributed by atoms with E-state index in [2.05, 4.69) is 0 Å². The molecule has 2 aromatic carbocycles. The van der Waals surface area contributed by atoms with Crippen LogP contribution >= 0.6 is 11.6 Å². The quantitative estimate of drug-likeness (QED) is 0.579. The molecule has 0 aromatic heterocycles. The first-order valence-corrected chi connectivity index (χ1v) is 5.84. The molecule has 0 saturated carbocycles. The largest absolute Gasteiger partial charge is 0.417 e. The molecule has 0 unspecified atom stereocenters. The molecule has 0 saturated heterocycles. The molecule has 0 atom stereocenters. The van der Waals surface area contributed by atoms with Crippen LogP contribution in [0.4, 0.5) is 17.6 Å². The van der Waals surface area contributed by atoms with E-state index in [9.17, 15) is 22.4 Å². The minimum absolute atomic E-state index is 0.191. The second kappa shape index (κ2) is 5.25. The average molecular weight is 303 g/mol. The second-order valence-corrected chi connectivity index (χ2v) is 4.41. The van der Waals surface area contributed by atoms with Crippen molar-refractivity contribution in [1.82, 2.24) is 0 Å². The predicted molar refractivity (Wildman–Crippen MR) is 66.3 cm³/mol. The summed E-state index contributed by atoms with van der Waals surface area (Å²) in [5.74, 6) is -1.77. The van der Waals surface area contributed by atoms with Crippen LogP contribution in [0.2, 0.25) is 5.02 Å². The Morgan fingerprint density at radius 3 is 2.30 bits per heavy atom. The topological polar surface area (TPSA) is 17.1 Å². The van der Waals surface area contributed by atoms with Crippen molar-refractivity contribution in [3.63, 3.8) is 0 Å². The van der Waals surface area contributed by atoms with Gasteiger partial charge in [0, 0.05) is 11.1 Å². The molecule has 0 aliphatic heterocycles. The normalized spacial score (nSPS) is 11.4. The summed E-state index contributed by atoms with van der Waals surface area (Å²) in [7, 11) is 0. The van der Waals surface area contributed by atoms with Crippen LogP contribution in [0.3, 0.4) is 0 Å². The summed E-state index contributed by atoms with van der Waals surface area (Å²) in [6, 6.07) is 7.48. The van der Waals surface area contributed by atoms with E-state index < -0.39 is 28.9 Å². The summed E-state index contributed by atoms with van der Waals surface area (Å²) in [5.41, 5.74) is -1.77.